The number of β-amino-alcohol motifs (C(OH)–C–C–N with tert-alkyl or cyclic N) is 1. The molecule has 2 aromatic carbocycles. The molecule has 2 heterocycles. The number of likely N-dealkylation sites (N-methyl/N-ethyl adjacent to an activating group) is 1. The lowest BCUT2D eigenvalue weighted by Gasteiger charge is -2.28. The molecule has 2 aliphatic rings. The van der Waals surface area contributed by atoms with Crippen molar-refractivity contribution in [1.29, 1.82) is 0 Å². The number of aliphatic hydroxyl groups is 1. The third-order valence-electron chi connectivity index (χ3n) is 4.45. The number of aliphatic carboxylic acids is 1. The van der Waals surface area contributed by atoms with Gasteiger partial charge in [-0.2, -0.15) is 0 Å². The van der Waals surface area contributed by atoms with Crippen LogP contribution in [0.5, 0.6) is 11.5 Å². The highest BCUT2D eigenvalue weighted by Crippen LogP contribution is 2.51. The topological polar surface area (TPSA) is 70.0 Å². The normalized spacial score (nSPS) is 24.4. The molecule has 24 heavy (non-hydrogen) atoms. The van der Waals surface area contributed by atoms with E-state index < -0.39 is 11.6 Å². The second-order valence-corrected chi connectivity index (χ2v) is 6.33. The quantitative estimate of drug-likeness (QED) is 0.779. The first kappa shape index (κ1) is 16.5. The molecule has 2 N–H and O–H groups in total. The SMILES string of the molecule is CC(=O)O.CN1C[C@@H]2c3ccccc3Oc3ccccc3[C@]2(O)C1. The number of carboxylic acid groups (broad SMARTS) is 1. The molecule has 5 heteroatoms. The number of carbonyl (C=O) groups is 1. The first-order valence-corrected chi connectivity index (χ1v) is 7.88. The molecule has 0 bridgehead atoms. The summed E-state index contributed by atoms with van der Waals surface area (Å²) in [4.78, 5) is 11.2. The Morgan fingerprint density at radius 1 is 1.17 bits per heavy atom. The van der Waals surface area contributed by atoms with Crippen LogP contribution in [0.2, 0.25) is 0 Å². The monoisotopic (exact) mass is 327 g/mol. The van der Waals surface area contributed by atoms with Crippen molar-refractivity contribution in [2.24, 2.45) is 0 Å². The van der Waals surface area contributed by atoms with Gasteiger partial charge in [-0.1, -0.05) is 36.4 Å². The van der Waals surface area contributed by atoms with Crippen molar-refractivity contribution >= 4 is 5.97 Å². The second-order valence-electron chi connectivity index (χ2n) is 6.33. The Morgan fingerprint density at radius 3 is 2.46 bits per heavy atom. The minimum absolute atomic E-state index is 0.0485. The van der Waals surface area contributed by atoms with Crippen LogP contribution in [0.15, 0.2) is 48.5 Å². The number of nitrogens with zero attached hydrogens (tertiary/aromatic N) is 1. The van der Waals surface area contributed by atoms with Gasteiger partial charge in [-0.15, -0.1) is 0 Å². The molecule has 0 radical (unpaired) electrons. The van der Waals surface area contributed by atoms with E-state index in [0.717, 1.165) is 36.1 Å². The molecule has 4 rings (SSSR count). The maximum Gasteiger partial charge on any atom is 0.300 e. The summed E-state index contributed by atoms with van der Waals surface area (Å²) in [7, 11) is 2.05. The van der Waals surface area contributed by atoms with E-state index in [1.807, 2.05) is 42.5 Å². The van der Waals surface area contributed by atoms with Crippen LogP contribution in [0.25, 0.3) is 0 Å². The van der Waals surface area contributed by atoms with E-state index >= 15 is 0 Å². The van der Waals surface area contributed by atoms with E-state index in [4.69, 9.17) is 14.6 Å². The van der Waals surface area contributed by atoms with Gasteiger partial charge in [-0.3, -0.25) is 4.79 Å². The van der Waals surface area contributed by atoms with Crippen LogP contribution < -0.4 is 4.74 Å². The fourth-order valence-electron chi connectivity index (χ4n) is 3.57. The standard InChI is InChI=1S/C17H17NO2.C2H4O2/c1-18-10-14-12-6-2-4-8-15(12)20-16-9-5-3-7-13(16)17(14,19)11-18;1-2(3)4/h2-9,14,19H,10-11H2,1H3;1H3,(H,3,4)/t14-,17-;/m1./s1. The van der Waals surface area contributed by atoms with Gasteiger partial charge in [-0.05, 0) is 19.2 Å². The summed E-state index contributed by atoms with van der Waals surface area (Å²) in [6.07, 6.45) is 0. The average molecular weight is 327 g/mol. The summed E-state index contributed by atoms with van der Waals surface area (Å²) >= 11 is 0. The molecule has 2 aliphatic heterocycles. The molecule has 0 amide bonds. The zero-order valence-electron chi connectivity index (χ0n) is 13.8. The van der Waals surface area contributed by atoms with Crippen LogP contribution in [-0.2, 0) is 10.4 Å². The lowest BCUT2D eigenvalue weighted by atomic mass is 9.80. The third kappa shape index (κ3) is 2.88. The molecule has 5 nitrogen and oxygen atoms in total. The number of likely N-dealkylation sites (tertiary alicyclic amines) is 1. The largest absolute Gasteiger partial charge is 0.481 e. The third-order valence-corrected chi connectivity index (χ3v) is 4.45. The number of rotatable bonds is 0. The van der Waals surface area contributed by atoms with Gasteiger partial charge in [0, 0.05) is 37.1 Å². The summed E-state index contributed by atoms with van der Waals surface area (Å²) in [6.45, 7) is 2.55. The van der Waals surface area contributed by atoms with E-state index in [-0.39, 0.29) is 5.92 Å². The zero-order valence-corrected chi connectivity index (χ0v) is 13.8. The maximum atomic E-state index is 11.3. The molecule has 1 fully saturated rings. The number of hydrogen-bond donors (Lipinski definition) is 2. The summed E-state index contributed by atoms with van der Waals surface area (Å²) in [5.41, 5.74) is 1.11. The maximum absolute atomic E-state index is 11.3. The van der Waals surface area contributed by atoms with Gasteiger partial charge < -0.3 is 19.8 Å². The molecule has 0 saturated carbocycles. The zero-order chi connectivity index (χ0) is 17.3. The van der Waals surface area contributed by atoms with Crippen LogP contribution in [0.3, 0.4) is 0 Å². The van der Waals surface area contributed by atoms with E-state index in [9.17, 15) is 5.11 Å². The highest BCUT2D eigenvalue weighted by Gasteiger charge is 2.49. The second kappa shape index (κ2) is 6.26. The van der Waals surface area contributed by atoms with Crippen LogP contribution >= 0.6 is 0 Å². The first-order valence-electron chi connectivity index (χ1n) is 7.88. The number of carboxylic acids is 1. The Morgan fingerprint density at radius 2 is 1.75 bits per heavy atom. The predicted molar refractivity (Wildman–Crippen MR) is 90.4 cm³/mol. The van der Waals surface area contributed by atoms with Gasteiger partial charge in [0.15, 0.2) is 0 Å². The summed E-state index contributed by atoms with van der Waals surface area (Å²) in [5.74, 6) is 0.837. The molecule has 0 unspecified atom stereocenters. The number of fused-ring (bicyclic) bond motifs is 5. The molecular formula is C19H21NO4. The highest BCUT2D eigenvalue weighted by atomic mass is 16.5. The fraction of sp³-hybridized carbons (Fsp3) is 0.316. The molecular weight excluding hydrogens is 306 g/mol. The van der Waals surface area contributed by atoms with E-state index in [1.54, 1.807) is 0 Å². The van der Waals surface area contributed by atoms with Crippen LogP contribution in [0, 0.1) is 0 Å². The Bertz CT molecular complexity index is 757. The van der Waals surface area contributed by atoms with Crippen molar-refractivity contribution in [3.05, 3.63) is 59.7 Å². The molecule has 126 valence electrons. The van der Waals surface area contributed by atoms with Crippen molar-refractivity contribution in [2.45, 2.75) is 18.4 Å². The number of hydrogen-bond acceptors (Lipinski definition) is 4. The van der Waals surface area contributed by atoms with Gasteiger partial charge in [-0.25, -0.2) is 0 Å². The molecule has 0 aromatic heterocycles. The Balaban J connectivity index is 0.000000383. The highest BCUT2D eigenvalue weighted by molar-refractivity contribution is 5.63. The average Bonchev–Trinajstić information content (AvgIpc) is 2.78. The van der Waals surface area contributed by atoms with Crippen molar-refractivity contribution in [2.75, 3.05) is 20.1 Å². The van der Waals surface area contributed by atoms with Crippen molar-refractivity contribution < 1.29 is 19.7 Å². The number of benzene rings is 2. The van der Waals surface area contributed by atoms with E-state index in [1.165, 1.54) is 0 Å². The molecule has 2 atom stereocenters. The minimum atomic E-state index is -0.877. The van der Waals surface area contributed by atoms with Crippen molar-refractivity contribution in [3.8, 4) is 11.5 Å². The molecule has 0 spiro atoms. The first-order chi connectivity index (χ1) is 11.4. The van der Waals surface area contributed by atoms with Crippen LogP contribution in [-0.4, -0.2) is 41.2 Å². The minimum Gasteiger partial charge on any atom is -0.481 e. The van der Waals surface area contributed by atoms with Gasteiger partial charge in [0.1, 0.15) is 17.1 Å². The van der Waals surface area contributed by atoms with E-state index in [2.05, 4.69) is 18.0 Å². The molecule has 0 aliphatic carbocycles. The van der Waals surface area contributed by atoms with Crippen molar-refractivity contribution in [3.63, 3.8) is 0 Å². The number of ether oxygens (including phenoxy) is 1. The van der Waals surface area contributed by atoms with Gasteiger partial charge in [0.05, 0.1) is 0 Å². The smallest absolute Gasteiger partial charge is 0.300 e. The summed E-state index contributed by atoms with van der Waals surface area (Å²) in [5, 5.41) is 18.8. The Labute approximate surface area is 141 Å². The van der Waals surface area contributed by atoms with Crippen LogP contribution in [0.4, 0.5) is 0 Å². The fourth-order valence-corrected chi connectivity index (χ4v) is 3.57. The van der Waals surface area contributed by atoms with E-state index in [0.29, 0.717) is 6.54 Å². The lowest BCUT2D eigenvalue weighted by molar-refractivity contribution is -0.134. The van der Waals surface area contributed by atoms with Gasteiger partial charge >= 0.3 is 0 Å². The van der Waals surface area contributed by atoms with Gasteiger partial charge in [0.2, 0.25) is 0 Å². The molecule has 2 aromatic rings. The Hall–Kier alpha value is -2.37. The van der Waals surface area contributed by atoms with Crippen molar-refractivity contribution in [1.82, 2.24) is 4.90 Å². The number of para-hydroxylation sites is 2. The van der Waals surface area contributed by atoms with Crippen LogP contribution in [0.1, 0.15) is 24.0 Å². The molecule has 1 saturated heterocycles. The van der Waals surface area contributed by atoms with Gasteiger partial charge in [0.25, 0.3) is 5.97 Å². The predicted octanol–water partition coefficient (Wildman–Crippen LogP) is 2.80. The Kier molecular flexibility index (Phi) is 4.30. The summed E-state index contributed by atoms with van der Waals surface area (Å²) in [6, 6.07) is 15.9. The lowest BCUT2D eigenvalue weighted by Crippen LogP contribution is -2.33. The summed E-state index contributed by atoms with van der Waals surface area (Å²) < 4.78 is 6.06.